The fraction of sp³-hybridized carbons (Fsp3) is 0.333. The number of hydrogen-bond acceptors (Lipinski definition) is 4. The van der Waals surface area contributed by atoms with E-state index in [1.807, 2.05) is 0 Å². The first-order chi connectivity index (χ1) is 8.62. The molecule has 108 valence electrons. The van der Waals surface area contributed by atoms with E-state index in [4.69, 9.17) is 11.6 Å². The molecule has 0 aliphatic heterocycles. The minimum atomic E-state index is -3.76. The normalized spacial score (nSPS) is 12.6. The Kier molecular flexibility index (Phi) is 5.78. The molecule has 0 radical (unpaired) electrons. The summed E-state index contributed by atoms with van der Waals surface area (Å²) in [7, 11) is -7.10. The summed E-state index contributed by atoms with van der Waals surface area (Å²) in [6.45, 7) is -0.103. The zero-order valence-electron chi connectivity index (χ0n) is 9.85. The summed E-state index contributed by atoms with van der Waals surface area (Å²) in [5, 5.41) is 0.0814. The molecule has 2 N–H and O–H groups in total. The van der Waals surface area contributed by atoms with Gasteiger partial charge in [0.1, 0.15) is 4.90 Å². The summed E-state index contributed by atoms with van der Waals surface area (Å²) in [5.74, 6) is 0. The van der Waals surface area contributed by atoms with Crippen molar-refractivity contribution >= 4 is 47.6 Å². The van der Waals surface area contributed by atoms with Gasteiger partial charge in [-0.05, 0) is 18.2 Å². The van der Waals surface area contributed by atoms with Crippen molar-refractivity contribution < 1.29 is 16.8 Å². The summed E-state index contributed by atoms with van der Waals surface area (Å²) in [6, 6.07) is 4.37. The molecule has 0 aromatic heterocycles. The van der Waals surface area contributed by atoms with Crippen molar-refractivity contribution in [1.82, 2.24) is 9.44 Å². The molecule has 0 spiro atoms. The molecule has 0 heterocycles. The average Bonchev–Trinajstić information content (AvgIpc) is 2.22. The molecular weight excluding hydrogens is 380 g/mol. The third-order valence-corrected chi connectivity index (χ3v) is 5.13. The quantitative estimate of drug-likeness (QED) is 0.706. The topological polar surface area (TPSA) is 92.3 Å². The zero-order chi connectivity index (χ0) is 14.7. The predicted molar refractivity (Wildman–Crippen MR) is 77.2 cm³/mol. The number of nitrogens with one attached hydrogen (secondary N) is 2. The Balaban J connectivity index is 2.71. The molecule has 0 atom stereocenters. The van der Waals surface area contributed by atoms with Gasteiger partial charge in [-0.2, -0.15) is 0 Å². The third kappa shape index (κ3) is 5.76. The molecule has 19 heavy (non-hydrogen) atoms. The molecule has 10 heteroatoms. The SMILES string of the molecule is CS(=O)(=O)NCCNS(=O)(=O)c1ccc(Br)cc1Cl. The Morgan fingerprint density at radius 2 is 1.74 bits per heavy atom. The van der Waals surface area contributed by atoms with E-state index in [9.17, 15) is 16.8 Å². The van der Waals surface area contributed by atoms with E-state index in [0.717, 1.165) is 6.26 Å². The monoisotopic (exact) mass is 390 g/mol. The van der Waals surface area contributed by atoms with Gasteiger partial charge in [-0.15, -0.1) is 0 Å². The van der Waals surface area contributed by atoms with Gasteiger partial charge in [-0.3, -0.25) is 0 Å². The second-order valence-electron chi connectivity index (χ2n) is 3.64. The van der Waals surface area contributed by atoms with Gasteiger partial charge < -0.3 is 0 Å². The first-order valence-corrected chi connectivity index (χ1v) is 9.56. The van der Waals surface area contributed by atoms with E-state index < -0.39 is 20.0 Å². The van der Waals surface area contributed by atoms with Crippen LogP contribution >= 0.6 is 27.5 Å². The van der Waals surface area contributed by atoms with Crippen LogP contribution in [0.15, 0.2) is 27.6 Å². The average molecular weight is 392 g/mol. The fourth-order valence-electron chi connectivity index (χ4n) is 1.19. The fourth-order valence-corrected chi connectivity index (χ4v) is 3.73. The van der Waals surface area contributed by atoms with E-state index in [1.165, 1.54) is 12.1 Å². The van der Waals surface area contributed by atoms with Crippen molar-refractivity contribution in [2.24, 2.45) is 0 Å². The molecule has 0 saturated heterocycles. The van der Waals surface area contributed by atoms with E-state index in [-0.39, 0.29) is 23.0 Å². The van der Waals surface area contributed by atoms with Gasteiger partial charge in [-0.25, -0.2) is 26.3 Å². The smallest absolute Gasteiger partial charge is 0.214 e. The molecule has 0 saturated carbocycles. The Morgan fingerprint density at radius 1 is 1.16 bits per heavy atom. The Labute approximate surface area is 125 Å². The zero-order valence-corrected chi connectivity index (χ0v) is 13.8. The van der Waals surface area contributed by atoms with Crippen molar-refractivity contribution in [3.8, 4) is 0 Å². The maximum Gasteiger partial charge on any atom is 0.242 e. The summed E-state index contributed by atoms with van der Waals surface area (Å²) in [5.41, 5.74) is 0. The van der Waals surface area contributed by atoms with Crippen LogP contribution in [0.2, 0.25) is 5.02 Å². The molecular formula is C9H12BrClN2O4S2. The van der Waals surface area contributed by atoms with Crippen LogP contribution in [-0.4, -0.2) is 36.2 Å². The third-order valence-electron chi connectivity index (χ3n) is 1.96. The van der Waals surface area contributed by atoms with Crippen molar-refractivity contribution in [3.63, 3.8) is 0 Å². The lowest BCUT2D eigenvalue weighted by Crippen LogP contribution is -2.34. The lowest BCUT2D eigenvalue weighted by molar-refractivity contribution is 0.573. The molecule has 1 aromatic carbocycles. The standard InChI is InChI=1S/C9H12BrClN2O4S2/c1-18(14,15)12-4-5-13-19(16,17)9-3-2-7(10)6-8(9)11/h2-3,6,12-13H,4-5H2,1H3. The van der Waals surface area contributed by atoms with Gasteiger partial charge in [0.05, 0.1) is 11.3 Å². The van der Waals surface area contributed by atoms with Gasteiger partial charge in [0, 0.05) is 17.6 Å². The second kappa shape index (κ2) is 6.51. The highest BCUT2D eigenvalue weighted by Crippen LogP contribution is 2.24. The van der Waals surface area contributed by atoms with Crippen molar-refractivity contribution in [2.45, 2.75) is 4.90 Å². The van der Waals surface area contributed by atoms with Crippen LogP contribution < -0.4 is 9.44 Å². The maximum absolute atomic E-state index is 11.9. The molecule has 1 aromatic rings. The molecule has 0 unspecified atom stereocenters. The van der Waals surface area contributed by atoms with Crippen molar-refractivity contribution in [2.75, 3.05) is 19.3 Å². The molecule has 1 rings (SSSR count). The highest BCUT2D eigenvalue weighted by atomic mass is 79.9. The second-order valence-corrected chi connectivity index (χ2v) is 8.53. The highest BCUT2D eigenvalue weighted by Gasteiger charge is 2.17. The number of hydrogen-bond donors (Lipinski definition) is 2. The lowest BCUT2D eigenvalue weighted by atomic mass is 10.4. The maximum atomic E-state index is 11.9. The molecule has 0 bridgehead atoms. The van der Waals surface area contributed by atoms with Gasteiger partial charge in [0.25, 0.3) is 0 Å². The first kappa shape index (κ1) is 16.9. The predicted octanol–water partition coefficient (Wildman–Crippen LogP) is 0.930. The Bertz CT molecular complexity index is 661. The van der Waals surface area contributed by atoms with Crippen LogP contribution in [0.4, 0.5) is 0 Å². The van der Waals surface area contributed by atoms with Crippen LogP contribution in [-0.2, 0) is 20.0 Å². The van der Waals surface area contributed by atoms with Crippen molar-refractivity contribution in [3.05, 3.63) is 27.7 Å². The van der Waals surface area contributed by atoms with Gasteiger partial charge in [-0.1, -0.05) is 27.5 Å². The van der Waals surface area contributed by atoms with Crippen LogP contribution in [0.3, 0.4) is 0 Å². The van der Waals surface area contributed by atoms with Gasteiger partial charge >= 0.3 is 0 Å². The first-order valence-electron chi connectivity index (χ1n) is 5.01. The summed E-state index contributed by atoms with van der Waals surface area (Å²) < 4.78 is 50.5. The molecule has 0 aliphatic carbocycles. The summed E-state index contributed by atoms with van der Waals surface area (Å²) in [4.78, 5) is -0.0586. The van der Waals surface area contributed by atoms with E-state index in [0.29, 0.717) is 4.47 Å². The number of benzene rings is 1. The number of rotatable bonds is 6. The van der Waals surface area contributed by atoms with E-state index in [1.54, 1.807) is 6.07 Å². The Morgan fingerprint density at radius 3 is 2.26 bits per heavy atom. The highest BCUT2D eigenvalue weighted by molar-refractivity contribution is 9.10. The lowest BCUT2D eigenvalue weighted by Gasteiger charge is -2.08. The van der Waals surface area contributed by atoms with Gasteiger partial charge in [0.2, 0.25) is 20.0 Å². The molecule has 0 aliphatic rings. The summed E-state index contributed by atoms with van der Waals surface area (Å²) in [6.07, 6.45) is 0.993. The minimum absolute atomic E-state index is 0.0355. The summed E-state index contributed by atoms with van der Waals surface area (Å²) >= 11 is 9.01. The van der Waals surface area contributed by atoms with Crippen molar-refractivity contribution in [1.29, 1.82) is 0 Å². The van der Waals surface area contributed by atoms with Crippen LogP contribution in [0, 0.1) is 0 Å². The van der Waals surface area contributed by atoms with Crippen LogP contribution in [0.1, 0.15) is 0 Å². The van der Waals surface area contributed by atoms with Crippen LogP contribution in [0.25, 0.3) is 0 Å². The molecule has 0 fully saturated rings. The van der Waals surface area contributed by atoms with E-state index >= 15 is 0 Å². The molecule has 6 nitrogen and oxygen atoms in total. The van der Waals surface area contributed by atoms with E-state index in [2.05, 4.69) is 25.4 Å². The largest absolute Gasteiger partial charge is 0.242 e. The molecule has 0 amide bonds. The minimum Gasteiger partial charge on any atom is -0.214 e. The van der Waals surface area contributed by atoms with Crippen LogP contribution in [0.5, 0.6) is 0 Å². The number of halogens is 2. The Hall–Kier alpha value is -0.190. The number of sulfonamides is 2. The van der Waals surface area contributed by atoms with Gasteiger partial charge in [0.15, 0.2) is 0 Å².